The molecule has 0 aliphatic heterocycles. The van der Waals surface area contributed by atoms with Crippen LogP contribution in [0.1, 0.15) is 40.1 Å². The number of hydrogen-bond acceptors (Lipinski definition) is 4. The number of carbonyl (C=O) groups excluding carboxylic acids is 1. The summed E-state index contributed by atoms with van der Waals surface area (Å²) in [7, 11) is 1.56. The number of aromatic nitrogens is 3. The molecule has 34 heavy (non-hydrogen) atoms. The Morgan fingerprint density at radius 2 is 1.79 bits per heavy atom. The highest BCUT2D eigenvalue weighted by atomic mass is 35.5. The second-order valence-electron chi connectivity index (χ2n) is 8.66. The van der Waals surface area contributed by atoms with E-state index in [9.17, 15) is 4.79 Å². The molecule has 0 spiro atoms. The minimum atomic E-state index is -0.109. The third kappa shape index (κ3) is 4.50. The molecule has 0 aliphatic carbocycles. The molecule has 176 valence electrons. The number of benzene rings is 2. The maximum atomic E-state index is 12.7. The Kier molecular flexibility index (Phi) is 6.62. The lowest BCUT2D eigenvalue weighted by Crippen LogP contribution is -2.14. The van der Waals surface area contributed by atoms with Crippen molar-refractivity contribution in [2.75, 3.05) is 12.4 Å². The highest BCUT2D eigenvalue weighted by Gasteiger charge is 2.19. The minimum Gasteiger partial charge on any atom is -0.495 e. The van der Waals surface area contributed by atoms with Crippen LogP contribution in [0, 0.1) is 34.6 Å². The summed E-state index contributed by atoms with van der Waals surface area (Å²) in [5.74, 6) is 0.463. The smallest absolute Gasteiger partial charge is 0.224 e. The van der Waals surface area contributed by atoms with E-state index >= 15 is 0 Å². The number of anilines is 1. The number of ether oxygens (including phenoxy) is 1. The van der Waals surface area contributed by atoms with Crippen LogP contribution in [0.3, 0.4) is 0 Å². The van der Waals surface area contributed by atoms with Crippen molar-refractivity contribution in [3.05, 3.63) is 75.1 Å². The molecule has 6 nitrogen and oxygen atoms in total. The monoisotopic (exact) mass is 476 g/mol. The molecule has 4 rings (SSSR count). The number of fused-ring (bicyclic) bond motifs is 1. The van der Waals surface area contributed by atoms with Gasteiger partial charge in [0.05, 0.1) is 24.2 Å². The molecule has 1 N–H and O–H groups in total. The van der Waals surface area contributed by atoms with Crippen LogP contribution in [0.15, 0.2) is 36.4 Å². The summed E-state index contributed by atoms with van der Waals surface area (Å²) < 4.78 is 7.24. The van der Waals surface area contributed by atoms with E-state index < -0.39 is 0 Å². The first kappa shape index (κ1) is 23.8. The topological polar surface area (TPSA) is 69.0 Å². The van der Waals surface area contributed by atoms with Crippen LogP contribution in [0.2, 0.25) is 5.02 Å². The number of halogens is 1. The largest absolute Gasteiger partial charge is 0.495 e. The highest BCUT2D eigenvalue weighted by Crippen LogP contribution is 2.30. The molecule has 1 amide bonds. The zero-order valence-electron chi connectivity index (χ0n) is 20.4. The van der Waals surface area contributed by atoms with Crippen molar-refractivity contribution in [2.45, 2.75) is 47.5 Å². The third-order valence-corrected chi connectivity index (χ3v) is 6.58. The number of aryl methyl sites for hydroxylation is 5. The first-order valence-electron chi connectivity index (χ1n) is 11.3. The van der Waals surface area contributed by atoms with Gasteiger partial charge in [0.2, 0.25) is 5.91 Å². The molecule has 0 bridgehead atoms. The Hall–Kier alpha value is -3.38. The normalized spacial score (nSPS) is 11.1. The summed E-state index contributed by atoms with van der Waals surface area (Å²) in [5.41, 5.74) is 8.87. The zero-order valence-corrected chi connectivity index (χ0v) is 21.2. The summed E-state index contributed by atoms with van der Waals surface area (Å²) in [6.07, 6.45) is 0.887. The number of rotatable bonds is 6. The Balaban J connectivity index is 1.62. The molecule has 0 atom stereocenters. The van der Waals surface area contributed by atoms with Crippen LogP contribution in [0.25, 0.3) is 16.7 Å². The van der Waals surface area contributed by atoms with Gasteiger partial charge in [-0.2, -0.15) is 5.10 Å². The van der Waals surface area contributed by atoms with E-state index in [2.05, 4.69) is 44.3 Å². The molecule has 2 aromatic carbocycles. The molecule has 2 heterocycles. The van der Waals surface area contributed by atoms with Crippen molar-refractivity contribution in [1.29, 1.82) is 0 Å². The number of pyridine rings is 1. The molecule has 7 heteroatoms. The summed E-state index contributed by atoms with van der Waals surface area (Å²) in [6, 6.07) is 11.5. The molecule has 2 aromatic heterocycles. The SMILES string of the molecule is COc1ccc(Cl)cc1NC(=O)CCc1c(C)nc2c(c(C)nn2-c2ccc(C)c(C)c2)c1C. The van der Waals surface area contributed by atoms with Gasteiger partial charge in [-0.25, -0.2) is 9.67 Å². The second kappa shape index (κ2) is 9.47. The van der Waals surface area contributed by atoms with E-state index in [1.165, 1.54) is 11.1 Å². The van der Waals surface area contributed by atoms with Crippen LogP contribution < -0.4 is 10.1 Å². The van der Waals surface area contributed by atoms with Crippen molar-refractivity contribution in [2.24, 2.45) is 0 Å². The number of carbonyl (C=O) groups is 1. The number of amides is 1. The molecular formula is C27H29ClN4O2. The fourth-order valence-electron chi connectivity index (χ4n) is 4.34. The van der Waals surface area contributed by atoms with Gasteiger partial charge in [0.15, 0.2) is 5.65 Å². The third-order valence-electron chi connectivity index (χ3n) is 6.35. The average Bonchev–Trinajstić information content (AvgIpc) is 3.11. The fourth-order valence-corrected chi connectivity index (χ4v) is 4.51. The van der Waals surface area contributed by atoms with E-state index in [0.29, 0.717) is 29.3 Å². The molecule has 0 radical (unpaired) electrons. The second-order valence-corrected chi connectivity index (χ2v) is 9.09. The lowest BCUT2D eigenvalue weighted by Gasteiger charge is -2.13. The quantitative estimate of drug-likeness (QED) is 0.360. The molecule has 0 saturated heterocycles. The van der Waals surface area contributed by atoms with Gasteiger partial charge in [0.25, 0.3) is 0 Å². The first-order valence-corrected chi connectivity index (χ1v) is 11.6. The standard InChI is InChI=1S/C27H29ClN4O2/c1-15-7-9-21(13-16(15)2)32-27-26(19(5)31-32)17(3)22(18(4)29-27)10-12-25(33)30-23-14-20(28)8-11-24(23)34-6/h7-9,11,13-14H,10,12H2,1-6H3,(H,30,33). The van der Waals surface area contributed by atoms with E-state index in [1.807, 2.05) is 18.5 Å². The lowest BCUT2D eigenvalue weighted by molar-refractivity contribution is -0.116. The Labute approximate surface area is 204 Å². The summed E-state index contributed by atoms with van der Waals surface area (Å²) in [4.78, 5) is 17.6. The first-order chi connectivity index (χ1) is 16.2. The number of nitrogens with one attached hydrogen (secondary N) is 1. The maximum Gasteiger partial charge on any atom is 0.224 e. The number of methoxy groups -OCH3 is 1. The molecule has 0 fully saturated rings. The van der Waals surface area contributed by atoms with Crippen molar-refractivity contribution < 1.29 is 9.53 Å². The fraction of sp³-hybridized carbons (Fsp3) is 0.296. The van der Waals surface area contributed by atoms with Gasteiger partial charge in [-0.3, -0.25) is 4.79 Å². The molecular weight excluding hydrogens is 448 g/mol. The van der Waals surface area contributed by atoms with Crippen molar-refractivity contribution in [1.82, 2.24) is 14.8 Å². The van der Waals surface area contributed by atoms with Crippen LogP contribution >= 0.6 is 11.6 Å². The predicted molar refractivity (Wildman–Crippen MR) is 138 cm³/mol. The number of hydrogen-bond donors (Lipinski definition) is 1. The Bertz CT molecular complexity index is 1410. The predicted octanol–water partition coefficient (Wildman–Crippen LogP) is 6.20. The lowest BCUT2D eigenvalue weighted by atomic mass is 9.99. The maximum absolute atomic E-state index is 12.7. The van der Waals surface area contributed by atoms with Crippen LogP contribution in [0.5, 0.6) is 5.75 Å². The summed E-state index contributed by atoms with van der Waals surface area (Å²) >= 11 is 6.08. The van der Waals surface area contributed by atoms with Gasteiger partial charge in [-0.05, 0) is 93.6 Å². The number of nitrogens with zero attached hydrogens (tertiary/aromatic N) is 3. The van der Waals surface area contributed by atoms with Gasteiger partial charge in [0, 0.05) is 22.5 Å². The van der Waals surface area contributed by atoms with Crippen molar-refractivity contribution >= 4 is 34.2 Å². The van der Waals surface area contributed by atoms with Gasteiger partial charge in [0.1, 0.15) is 5.75 Å². The van der Waals surface area contributed by atoms with Gasteiger partial charge in [-0.15, -0.1) is 0 Å². The van der Waals surface area contributed by atoms with Gasteiger partial charge < -0.3 is 10.1 Å². The summed E-state index contributed by atoms with van der Waals surface area (Å²) in [6.45, 7) is 10.3. The minimum absolute atomic E-state index is 0.109. The molecule has 0 unspecified atom stereocenters. The Morgan fingerprint density at radius 3 is 2.50 bits per heavy atom. The summed E-state index contributed by atoms with van der Waals surface area (Å²) in [5, 5.41) is 9.28. The van der Waals surface area contributed by atoms with E-state index in [-0.39, 0.29) is 5.91 Å². The zero-order chi connectivity index (χ0) is 24.6. The van der Waals surface area contributed by atoms with Crippen LogP contribution in [-0.4, -0.2) is 27.8 Å². The molecule has 0 aliphatic rings. The van der Waals surface area contributed by atoms with Crippen molar-refractivity contribution in [3.8, 4) is 11.4 Å². The Morgan fingerprint density at radius 1 is 1.03 bits per heavy atom. The van der Waals surface area contributed by atoms with Crippen molar-refractivity contribution in [3.63, 3.8) is 0 Å². The van der Waals surface area contributed by atoms with Gasteiger partial charge >= 0.3 is 0 Å². The van der Waals surface area contributed by atoms with E-state index in [0.717, 1.165) is 39.2 Å². The molecule has 4 aromatic rings. The van der Waals surface area contributed by atoms with Gasteiger partial charge in [-0.1, -0.05) is 17.7 Å². The van der Waals surface area contributed by atoms with Crippen LogP contribution in [0.4, 0.5) is 5.69 Å². The molecule has 0 saturated carbocycles. The highest BCUT2D eigenvalue weighted by molar-refractivity contribution is 6.31. The average molecular weight is 477 g/mol. The van der Waals surface area contributed by atoms with E-state index in [1.54, 1.807) is 25.3 Å². The van der Waals surface area contributed by atoms with E-state index in [4.69, 9.17) is 26.4 Å². The van der Waals surface area contributed by atoms with Crippen LogP contribution in [-0.2, 0) is 11.2 Å².